The van der Waals surface area contributed by atoms with Crippen LogP contribution in [0.2, 0.25) is 0 Å². The number of nitrogen functional groups attached to an aromatic ring is 1. The van der Waals surface area contributed by atoms with E-state index < -0.39 is 16.0 Å². The Bertz CT molecular complexity index is 545. The third-order valence-corrected chi connectivity index (χ3v) is 3.14. The second-order valence-corrected chi connectivity index (χ2v) is 5.11. The minimum absolute atomic E-state index is 0.191. The van der Waals surface area contributed by atoms with Crippen molar-refractivity contribution in [2.24, 2.45) is 5.73 Å². The molecule has 18 heavy (non-hydrogen) atoms. The number of anilines is 1. The monoisotopic (exact) mass is 274 g/mol. The molecule has 1 rings (SSSR count). The zero-order valence-electron chi connectivity index (χ0n) is 9.83. The van der Waals surface area contributed by atoms with Crippen molar-refractivity contribution in [3.63, 3.8) is 0 Å². The van der Waals surface area contributed by atoms with Crippen LogP contribution in [-0.2, 0) is 10.2 Å². The highest BCUT2D eigenvalue weighted by Crippen LogP contribution is 2.16. The number of halogens is 1. The van der Waals surface area contributed by atoms with Crippen LogP contribution in [0.15, 0.2) is 18.2 Å². The molecule has 0 aliphatic carbocycles. The summed E-state index contributed by atoms with van der Waals surface area (Å²) in [7, 11) is -3.78. The summed E-state index contributed by atoms with van der Waals surface area (Å²) in [5.41, 5.74) is 5.19. The molecule has 0 saturated carbocycles. The number of hydrogen-bond acceptors (Lipinski definition) is 3. The molecular weight excluding hydrogens is 259 g/mol. The van der Waals surface area contributed by atoms with Crippen LogP contribution in [0, 0.1) is 11.2 Å². The summed E-state index contributed by atoms with van der Waals surface area (Å²) in [6, 6.07) is 3.58. The largest absolute Gasteiger partial charge is 0.384 e. The molecule has 0 amide bonds. The second-order valence-electron chi connectivity index (χ2n) is 3.61. The van der Waals surface area contributed by atoms with E-state index in [0.717, 1.165) is 6.07 Å². The van der Waals surface area contributed by atoms with E-state index in [1.54, 1.807) is 0 Å². The van der Waals surface area contributed by atoms with Crippen LogP contribution in [-0.4, -0.2) is 20.8 Å². The lowest BCUT2D eigenvalue weighted by Crippen LogP contribution is -2.31. The Morgan fingerprint density at radius 2 is 2.17 bits per heavy atom. The Kier molecular flexibility index (Phi) is 4.62. The molecule has 8 heteroatoms. The van der Waals surface area contributed by atoms with E-state index >= 15 is 0 Å². The van der Waals surface area contributed by atoms with Gasteiger partial charge < -0.3 is 5.73 Å². The number of rotatable bonds is 6. The summed E-state index contributed by atoms with van der Waals surface area (Å²) >= 11 is 0. The molecule has 6 nitrogen and oxygen atoms in total. The fraction of sp³-hybridized carbons (Fsp3) is 0.300. The zero-order chi connectivity index (χ0) is 13.8. The molecule has 0 bridgehead atoms. The van der Waals surface area contributed by atoms with Crippen LogP contribution in [0.4, 0.5) is 10.1 Å². The molecule has 0 atom stereocenters. The lowest BCUT2D eigenvalue weighted by atomic mass is 10.2. The van der Waals surface area contributed by atoms with Crippen molar-refractivity contribution in [1.29, 1.82) is 5.41 Å². The summed E-state index contributed by atoms with van der Waals surface area (Å²) in [4.78, 5) is 0. The fourth-order valence-electron chi connectivity index (χ4n) is 1.18. The van der Waals surface area contributed by atoms with Crippen molar-refractivity contribution in [2.75, 3.05) is 11.3 Å². The van der Waals surface area contributed by atoms with Gasteiger partial charge in [0.1, 0.15) is 11.7 Å². The Balaban J connectivity index is 2.89. The van der Waals surface area contributed by atoms with Crippen molar-refractivity contribution in [3.05, 3.63) is 29.6 Å². The first-order valence-corrected chi connectivity index (χ1v) is 6.75. The molecule has 0 unspecified atom stereocenters. The molecule has 0 heterocycles. The van der Waals surface area contributed by atoms with Crippen LogP contribution >= 0.6 is 0 Å². The summed E-state index contributed by atoms with van der Waals surface area (Å²) < 4.78 is 40.8. The number of nitrogens with one attached hydrogen (secondary N) is 3. The van der Waals surface area contributed by atoms with Gasteiger partial charge in [-0.1, -0.05) is 6.92 Å². The van der Waals surface area contributed by atoms with Gasteiger partial charge in [0.15, 0.2) is 0 Å². The summed E-state index contributed by atoms with van der Waals surface area (Å²) in [5.74, 6) is -1.07. The average Bonchev–Trinajstić information content (AvgIpc) is 2.29. The first-order chi connectivity index (χ1) is 8.35. The van der Waals surface area contributed by atoms with Crippen LogP contribution in [0.25, 0.3) is 0 Å². The van der Waals surface area contributed by atoms with Gasteiger partial charge in [-0.05, 0) is 24.6 Å². The molecule has 100 valence electrons. The smallest absolute Gasteiger partial charge is 0.299 e. The number of hydrogen-bond donors (Lipinski definition) is 4. The van der Waals surface area contributed by atoms with Crippen molar-refractivity contribution in [2.45, 2.75) is 13.3 Å². The van der Waals surface area contributed by atoms with E-state index in [-0.39, 0.29) is 23.6 Å². The Labute approximate surface area is 105 Å². The standard InChI is InChI=1S/C10H15FN4O2S/c1-2-5-14-18(16,17)15-9-4-3-7(10(12)13)6-8(9)11/h3-4,6,14-15H,2,5H2,1H3,(H3,12,13). The molecule has 0 fully saturated rings. The highest BCUT2D eigenvalue weighted by Gasteiger charge is 2.12. The van der Waals surface area contributed by atoms with Gasteiger partial charge in [0.05, 0.1) is 5.69 Å². The molecule has 1 aromatic rings. The van der Waals surface area contributed by atoms with Crippen molar-refractivity contribution in [1.82, 2.24) is 4.72 Å². The van der Waals surface area contributed by atoms with Crippen molar-refractivity contribution < 1.29 is 12.8 Å². The summed E-state index contributed by atoms with van der Waals surface area (Å²) in [6.45, 7) is 2.08. The minimum Gasteiger partial charge on any atom is -0.384 e. The average molecular weight is 274 g/mol. The minimum atomic E-state index is -3.78. The van der Waals surface area contributed by atoms with Gasteiger partial charge in [0.25, 0.3) is 10.2 Å². The zero-order valence-corrected chi connectivity index (χ0v) is 10.6. The van der Waals surface area contributed by atoms with Gasteiger partial charge in [-0.25, -0.2) is 4.39 Å². The second kappa shape index (κ2) is 5.78. The number of nitrogens with two attached hydrogens (primary N) is 1. The van der Waals surface area contributed by atoms with Crippen LogP contribution in [0.3, 0.4) is 0 Å². The fourth-order valence-corrected chi connectivity index (χ4v) is 2.18. The SMILES string of the molecule is CCCNS(=O)(=O)Nc1ccc(C(=N)N)cc1F. The molecule has 0 aliphatic rings. The van der Waals surface area contributed by atoms with Crippen LogP contribution < -0.4 is 15.2 Å². The number of amidine groups is 1. The van der Waals surface area contributed by atoms with Gasteiger partial charge in [0, 0.05) is 12.1 Å². The van der Waals surface area contributed by atoms with E-state index in [1.807, 2.05) is 6.92 Å². The first kappa shape index (κ1) is 14.4. The third-order valence-electron chi connectivity index (χ3n) is 2.07. The van der Waals surface area contributed by atoms with Crippen molar-refractivity contribution >= 4 is 21.7 Å². The Morgan fingerprint density at radius 3 is 2.67 bits per heavy atom. The Morgan fingerprint density at radius 1 is 1.50 bits per heavy atom. The number of benzene rings is 1. The molecule has 0 aliphatic heterocycles. The van der Waals surface area contributed by atoms with E-state index in [1.165, 1.54) is 12.1 Å². The Hall–Kier alpha value is -1.67. The van der Waals surface area contributed by atoms with E-state index in [0.29, 0.717) is 6.42 Å². The summed E-state index contributed by atoms with van der Waals surface area (Å²) in [5, 5.41) is 7.13. The highest BCUT2D eigenvalue weighted by molar-refractivity contribution is 7.90. The molecule has 5 N–H and O–H groups in total. The maximum Gasteiger partial charge on any atom is 0.299 e. The quantitative estimate of drug-likeness (QED) is 0.454. The molecule has 1 aromatic carbocycles. The lowest BCUT2D eigenvalue weighted by molar-refractivity contribution is 0.584. The van der Waals surface area contributed by atoms with Gasteiger partial charge in [0.2, 0.25) is 0 Å². The summed E-state index contributed by atoms with van der Waals surface area (Å²) in [6.07, 6.45) is 0.632. The molecule has 0 spiro atoms. The topological polar surface area (TPSA) is 108 Å². The van der Waals surface area contributed by atoms with Crippen LogP contribution in [0.5, 0.6) is 0 Å². The van der Waals surface area contributed by atoms with Gasteiger partial charge >= 0.3 is 0 Å². The van der Waals surface area contributed by atoms with Crippen molar-refractivity contribution in [3.8, 4) is 0 Å². The predicted molar refractivity (Wildman–Crippen MR) is 68.3 cm³/mol. The van der Waals surface area contributed by atoms with Gasteiger partial charge in [-0.2, -0.15) is 13.1 Å². The van der Waals surface area contributed by atoms with E-state index in [9.17, 15) is 12.8 Å². The molecule has 0 saturated heterocycles. The predicted octanol–water partition coefficient (Wildman–Crippen LogP) is 0.766. The normalized spacial score (nSPS) is 11.2. The third kappa shape index (κ3) is 3.97. The van der Waals surface area contributed by atoms with Gasteiger partial charge in [-0.3, -0.25) is 10.1 Å². The highest BCUT2D eigenvalue weighted by atomic mass is 32.2. The lowest BCUT2D eigenvalue weighted by Gasteiger charge is -2.10. The molecule has 0 aromatic heterocycles. The molecular formula is C10H15FN4O2S. The van der Waals surface area contributed by atoms with E-state index in [4.69, 9.17) is 11.1 Å². The first-order valence-electron chi connectivity index (χ1n) is 5.27. The maximum atomic E-state index is 13.6. The maximum absolute atomic E-state index is 13.6. The van der Waals surface area contributed by atoms with Crippen LogP contribution in [0.1, 0.15) is 18.9 Å². The van der Waals surface area contributed by atoms with E-state index in [2.05, 4.69) is 9.44 Å². The van der Waals surface area contributed by atoms with Gasteiger partial charge in [-0.15, -0.1) is 0 Å². The molecule has 0 radical (unpaired) electrons.